The number of allylic oxidation sites excluding steroid dienone is 1. The Labute approximate surface area is 102 Å². The van der Waals surface area contributed by atoms with Gasteiger partial charge in [0.25, 0.3) is 10.1 Å². The average molecular weight is 288 g/mol. The molecule has 1 spiro atoms. The van der Waals surface area contributed by atoms with Crippen LogP contribution in [0.2, 0.25) is 0 Å². The van der Waals surface area contributed by atoms with E-state index < -0.39 is 22.3 Å². The molecule has 2 aliphatic rings. The number of hydrogen-bond donors (Lipinski definition) is 0. The maximum absolute atomic E-state index is 11.9. The lowest BCUT2D eigenvalue weighted by atomic mass is 10.0. The van der Waals surface area contributed by atoms with Crippen LogP contribution in [0.25, 0.3) is 0 Å². The molecular formula is C9H11F3O5S. The summed E-state index contributed by atoms with van der Waals surface area (Å²) in [7, 11) is -4.76. The normalized spacial score (nSPS) is 24.3. The topological polar surface area (TPSA) is 61.8 Å². The Morgan fingerprint density at radius 1 is 1.28 bits per heavy atom. The first-order chi connectivity index (χ1) is 8.23. The van der Waals surface area contributed by atoms with Crippen LogP contribution in [0.15, 0.2) is 11.0 Å². The molecule has 0 bridgehead atoms. The Hall–Kier alpha value is -0.640. The maximum Gasteiger partial charge on any atom is 0.537 e. The summed E-state index contributed by atoms with van der Waals surface area (Å²) in [6.45, 7) is 0.796. The first-order valence-corrected chi connectivity index (χ1v) is 6.63. The fraction of sp³-hybridized carbons (Fsp3) is 0.778. The van der Waals surface area contributed by atoms with Gasteiger partial charge in [0.2, 0.25) is 0 Å². The third-order valence-electron chi connectivity index (χ3n) is 2.73. The van der Waals surface area contributed by atoms with Crippen LogP contribution in [0, 0.1) is 0 Å². The van der Waals surface area contributed by atoms with Gasteiger partial charge in [-0.3, -0.25) is 0 Å². The van der Waals surface area contributed by atoms with Gasteiger partial charge in [0, 0.05) is 12.8 Å². The highest BCUT2D eigenvalue weighted by Crippen LogP contribution is 2.37. The monoisotopic (exact) mass is 288 g/mol. The Balaban J connectivity index is 2.09. The fourth-order valence-electron chi connectivity index (χ4n) is 1.95. The van der Waals surface area contributed by atoms with E-state index in [0.717, 1.165) is 6.08 Å². The molecule has 0 aromatic carbocycles. The quantitative estimate of drug-likeness (QED) is 0.723. The lowest BCUT2D eigenvalue weighted by Crippen LogP contribution is -2.33. The van der Waals surface area contributed by atoms with Gasteiger partial charge < -0.3 is 9.47 Å². The number of halogens is 3. The second kappa shape index (κ2) is 4.48. The van der Waals surface area contributed by atoms with E-state index in [1.54, 1.807) is 0 Å². The van der Waals surface area contributed by atoms with Gasteiger partial charge in [-0.1, -0.05) is 6.08 Å². The minimum absolute atomic E-state index is 0.0988. The summed E-state index contributed by atoms with van der Waals surface area (Å²) >= 11 is 0. The van der Waals surface area contributed by atoms with Gasteiger partial charge in [0.05, 0.1) is 18.1 Å². The Morgan fingerprint density at radius 2 is 1.89 bits per heavy atom. The van der Waals surface area contributed by atoms with Crippen molar-refractivity contribution < 1.29 is 35.2 Å². The number of alkyl halides is 3. The van der Waals surface area contributed by atoms with Crippen molar-refractivity contribution in [3.8, 4) is 0 Å². The lowest BCUT2D eigenvalue weighted by molar-refractivity contribution is -0.271. The fourth-order valence-corrected chi connectivity index (χ4v) is 2.95. The highest BCUT2D eigenvalue weighted by molar-refractivity contribution is 7.90. The summed E-state index contributed by atoms with van der Waals surface area (Å²) in [5.74, 6) is -0.878. The lowest BCUT2D eigenvalue weighted by Gasteiger charge is -2.30. The van der Waals surface area contributed by atoms with E-state index in [4.69, 9.17) is 9.47 Å². The summed E-state index contributed by atoms with van der Waals surface area (Å²) in [5.41, 5.74) is 0. The van der Waals surface area contributed by atoms with Crippen LogP contribution in [-0.4, -0.2) is 33.8 Å². The zero-order valence-corrected chi connectivity index (χ0v) is 10.0. The van der Waals surface area contributed by atoms with E-state index in [0.29, 0.717) is 13.2 Å². The van der Waals surface area contributed by atoms with Gasteiger partial charge in [0.1, 0.15) is 0 Å². The predicted octanol–water partition coefficient (Wildman–Crippen LogP) is 1.66. The molecule has 1 aliphatic heterocycles. The molecule has 0 aromatic heterocycles. The molecule has 0 amide bonds. The van der Waals surface area contributed by atoms with Crippen LogP contribution in [0.5, 0.6) is 0 Å². The van der Waals surface area contributed by atoms with Gasteiger partial charge in [-0.15, -0.1) is 13.2 Å². The molecule has 104 valence electrons. The molecule has 0 unspecified atom stereocenters. The molecule has 18 heavy (non-hydrogen) atoms. The van der Waals surface area contributed by atoms with Crippen LogP contribution in [-0.2, 0) is 23.8 Å². The van der Waals surface area contributed by atoms with E-state index in [-0.39, 0.29) is 24.2 Å². The summed E-state index contributed by atoms with van der Waals surface area (Å²) in [5, 5.41) is 0. The standard InChI is InChI=1S/C9H11F3O5S/c10-9(11,12)17-18(13,14)7-1-3-8(4-2-7)15-5-6-16-8/h1H,2-6H2. The van der Waals surface area contributed by atoms with E-state index >= 15 is 0 Å². The van der Waals surface area contributed by atoms with E-state index in [1.807, 2.05) is 0 Å². The molecule has 0 atom stereocenters. The van der Waals surface area contributed by atoms with Crippen molar-refractivity contribution in [2.24, 2.45) is 0 Å². The van der Waals surface area contributed by atoms with Crippen molar-refractivity contribution in [3.05, 3.63) is 11.0 Å². The molecule has 9 heteroatoms. The van der Waals surface area contributed by atoms with Crippen molar-refractivity contribution in [3.63, 3.8) is 0 Å². The van der Waals surface area contributed by atoms with Crippen molar-refractivity contribution in [2.75, 3.05) is 13.2 Å². The summed E-state index contributed by atoms with van der Waals surface area (Å²) in [4.78, 5) is -0.385. The summed E-state index contributed by atoms with van der Waals surface area (Å²) in [6.07, 6.45) is -3.86. The number of hydrogen-bond acceptors (Lipinski definition) is 5. The Kier molecular flexibility index (Phi) is 3.43. The average Bonchev–Trinajstić information content (AvgIpc) is 2.63. The number of rotatable bonds is 2. The molecular weight excluding hydrogens is 277 g/mol. The van der Waals surface area contributed by atoms with E-state index in [9.17, 15) is 21.6 Å². The molecule has 0 saturated carbocycles. The van der Waals surface area contributed by atoms with Crippen LogP contribution in [0.3, 0.4) is 0 Å². The SMILES string of the molecule is O=S(=O)(OC(F)(F)F)C1=CCC2(CC1)OCCO2. The molecule has 2 rings (SSSR count). The molecule has 1 heterocycles. The smallest absolute Gasteiger partial charge is 0.347 e. The molecule has 0 aromatic rings. The Bertz CT molecular complexity index is 447. The van der Waals surface area contributed by atoms with Crippen LogP contribution >= 0.6 is 0 Å². The molecule has 1 fully saturated rings. The van der Waals surface area contributed by atoms with Gasteiger partial charge in [-0.05, 0) is 6.42 Å². The third kappa shape index (κ3) is 3.02. The third-order valence-corrected chi connectivity index (χ3v) is 4.15. The molecule has 5 nitrogen and oxygen atoms in total. The highest BCUT2D eigenvalue weighted by atomic mass is 32.2. The van der Waals surface area contributed by atoms with Crippen molar-refractivity contribution >= 4 is 10.1 Å². The zero-order chi connectivity index (χ0) is 13.4. The Morgan fingerprint density at radius 3 is 2.33 bits per heavy atom. The van der Waals surface area contributed by atoms with E-state index in [1.165, 1.54) is 0 Å². The minimum Gasteiger partial charge on any atom is -0.347 e. The summed E-state index contributed by atoms with van der Waals surface area (Å²) < 4.78 is 72.2. The molecule has 1 aliphatic carbocycles. The second-order valence-corrected chi connectivity index (χ2v) is 5.56. The largest absolute Gasteiger partial charge is 0.537 e. The predicted molar refractivity (Wildman–Crippen MR) is 52.6 cm³/mol. The van der Waals surface area contributed by atoms with Gasteiger partial charge in [0.15, 0.2) is 5.79 Å². The minimum atomic E-state index is -5.21. The first kappa shape index (κ1) is 13.8. The van der Waals surface area contributed by atoms with Gasteiger partial charge in [-0.25, -0.2) is 0 Å². The second-order valence-electron chi connectivity index (χ2n) is 3.97. The number of ether oxygens (including phenoxy) is 2. The molecule has 1 saturated heterocycles. The van der Waals surface area contributed by atoms with Crippen LogP contribution in [0.1, 0.15) is 19.3 Å². The molecule has 0 N–H and O–H groups in total. The van der Waals surface area contributed by atoms with Crippen molar-refractivity contribution in [1.82, 2.24) is 0 Å². The summed E-state index contributed by atoms with van der Waals surface area (Å²) in [6, 6.07) is 0. The van der Waals surface area contributed by atoms with Crippen LogP contribution in [0.4, 0.5) is 13.2 Å². The maximum atomic E-state index is 11.9. The van der Waals surface area contributed by atoms with Crippen molar-refractivity contribution in [2.45, 2.75) is 31.4 Å². The first-order valence-electron chi connectivity index (χ1n) is 5.22. The van der Waals surface area contributed by atoms with Gasteiger partial charge >= 0.3 is 6.36 Å². The highest BCUT2D eigenvalue weighted by Gasteiger charge is 2.43. The zero-order valence-electron chi connectivity index (χ0n) is 9.20. The van der Waals surface area contributed by atoms with Crippen LogP contribution < -0.4 is 0 Å². The van der Waals surface area contributed by atoms with Gasteiger partial charge in [-0.2, -0.15) is 12.6 Å². The molecule has 0 radical (unpaired) electrons. The van der Waals surface area contributed by atoms with E-state index in [2.05, 4.69) is 4.18 Å². The van der Waals surface area contributed by atoms with Crippen molar-refractivity contribution in [1.29, 1.82) is 0 Å².